The average molecular weight is 904 g/mol. The number of nitrogens with zero attached hydrogens (tertiary/aromatic N) is 4. The summed E-state index contributed by atoms with van der Waals surface area (Å²) in [7, 11) is 0. The van der Waals surface area contributed by atoms with Crippen LogP contribution in [0.5, 0.6) is 11.5 Å². The molecule has 2 aromatic heterocycles. The molecular formula is C54H38N4O2S2Zn. The normalized spacial score (nSPS) is 11.3. The summed E-state index contributed by atoms with van der Waals surface area (Å²) in [6.07, 6.45) is 3.40. The molecule has 0 bridgehead atoms. The van der Waals surface area contributed by atoms with E-state index in [-0.39, 0.29) is 43.1 Å². The molecule has 0 atom stereocenters. The fourth-order valence-electron chi connectivity index (χ4n) is 7.20. The molecule has 6 nitrogen and oxygen atoms in total. The third-order valence-electron chi connectivity index (χ3n) is 10.3. The Hall–Kier alpha value is -6.90. The van der Waals surface area contributed by atoms with Crippen LogP contribution >= 0.6 is 22.7 Å². The maximum Gasteiger partial charge on any atom is 2.00 e. The summed E-state index contributed by atoms with van der Waals surface area (Å²) in [6.45, 7) is 0. The van der Waals surface area contributed by atoms with E-state index in [4.69, 9.17) is 9.98 Å². The quantitative estimate of drug-likeness (QED) is 0.101. The summed E-state index contributed by atoms with van der Waals surface area (Å²) < 4.78 is 2.15. The van der Waals surface area contributed by atoms with E-state index in [1.807, 2.05) is 158 Å². The number of hydrogen-bond acceptors (Lipinski definition) is 8. The Bertz CT molecular complexity index is 2760. The van der Waals surface area contributed by atoms with E-state index in [0.29, 0.717) is 22.3 Å². The number of benzene rings is 8. The standard InChI is InChI=1S/2C27H20N2OS.Zn/c2*30-26-21(14-9-15-22(26)27-29-23-16-7-8-17-24(23)31-27)18-28-25(19-10-3-1-4-11-19)20-12-5-2-6-13-20;/h2*1-18,25,30H;/q;;+2/p-2. The third kappa shape index (κ3) is 9.93. The van der Waals surface area contributed by atoms with E-state index >= 15 is 0 Å². The Morgan fingerprint density at radius 2 is 0.698 bits per heavy atom. The first kappa shape index (κ1) is 42.8. The predicted molar refractivity (Wildman–Crippen MR) is 254 cm³/mol. The minimum atomic E-state index is -0.173. The zero-order valence-electron chi connectivity index (χ0n) is 34.1. The van der Waals surface area contributed by atoms with Crippen LogP contribution in [-0.4, -0.2) is 22.4 Å². The first-order valence-corrected chi connectivity index (χ1v) is 21.8. The van der Waals surface area contributed by atoms with Gasteiger partial charge in [0.05, 0.1) is 32.5 Å². The average Bonchev–Trinajstić information content (AvgIpc) is 3.97. The van der Waals surface area contributed by atoms with Crippen molar-refractivity contribution in [3.63, 3.8) is 0 Å². The number of para-hydroxylation sites is 4. The summed E-state index contributed by atoms with van der Waals surface area (Å²) in [4.78, 5) is 19.0. The molecule has 0 saturated carbocycles. The van der Waals surface area contributed by atoms with Crippen molar-refractivity contribution in [2.24, 2.45) is 9.98 Å². The van der Waals surface area contributed by atoms with Crippen molar-refractivity contribution in [2.75, 3.05) is 0 Å². The van der Waals surface area contributed by atoms with E-state index in [2.05, 4.69) is 58.5 Å². The minimum absolute atomic E-state index is 0. The summed E-state index contributed by atoms with van der Waals surface area (Å²) in [5.41, 5.74) is 8.51. The van der Waals surface area contributed by atoms with Crippen molar-refractivity contribution in [3.8, 4) is 32.6 Å². The number of aromatic nitrogens is 2. The zero-order chi connectivity index (χ0) is 42.1. The minimum Gasteiger partial charge on any atom is -0.872 e. The SMILES string of the molecule is [O-]c1c(C=NC(c2ccccc2)c2ccccc2)cccc1-c1nc2ccccc2s1.[O-]c1c(C=NC(c2ccccc2)c2ccccc2)cccc1-c1nc2ccccc2s1.[Zn+2]. The second-order valence-corrected chi connectivity index (χ2v) is 16.5. The number of fused-ring (bicyclic) bond motifs is 2. The largest absolute Gasteiger partial charge is 2.00 e. The topological polar surface area (TPSA) is 96.6 Å². The Balaban J connectivity index is 0.000000170. The molecule has 9 heteroatoms. The maximum atomic E-state index is 13.2. The third-order valence-corrected chi connectivity index (χ3v) is 12.5. The maximum absolute atomic E-state index is 13.2. The molecule has 10 rings (SSSR count). The zero-order valence-corrected chi connectivity index (χ0v) is 38.7. The first-order valence-electron chi connectivity index (χ1n) is 20.2. The van der Waals surface area contributed by atoms with E-state index in [9.17, 15) is 10.2 Å². The Labute approximate surface area is 387 Å². The van der Waals surface area contributed by atoms with Crippen molar-refractivity contribution >= 4 is 55.5 Å². The van der Waals surface area contributed by atoms with Crippen LogP contribution in [0.4, 0.5) is 0 Å². The van der Waals surface area contributed by atoms with Crippen molar-refractivity contribution in [2.45, 2.75) is 12.1 Å². The molecule has 0 radical (unpaired) electrons. The number of aliphatic imine (C=N–C) groups is 2. The van der Waals surface area contributed by atoms with Gasteiger partial charge in [-0.1, -0.05) is 193 Å². The van der Waals surface area contributed by atoms with Crippen molar-refractivity contribution in [1.29, 1.82) is 0 Å². The summed E-state index contributed by atoms with van der Waals surface area (Å²) in [5, 5.41) is 27.9. The predicted octanol–water partition coefficient (Wildman–Crippen LogP) is 12.5. The van der Waals surface area contributed by atoms with Crippen LogP contribution in [0.3, 0.4) is 0 Å². The van der Waals surface area contributed by atoms with Gasteiger partial charge in [0.2, 0.25) is 0 Å². The molecule has 0 spiro atoms. The molecule has 0 saturated heterocycles. The molecule has 0 fully saturated rings. The van der Waals surface area contributed by atoms with Crippen LogP contribution in [0.2, 0.25) is 0 Å². The fraction of sp³-hybridized carbons (Fsp3) is 0.0370. The van der Waals surface area contributed by atoms with Crippen LogP contribution in [0.25, 0.3) is 41.6 Å². The van der Waals surface area contributed by atoms with Crippen LogP contribution in [0.15, 0.2) is 216 Å². The smallest absolute Gasteiger partial charge is 0.872 e. The molecule has 300 valence electrons. The van der Waals surface area contributed by atoms with E-state index < -0.39 is 0 Å². The van der Waals surface area contributed by atoms with Gasteiger partial charge in [-0.3, -0.25) is 9.98 Å². The second kappa shape index (κ2) is 20.3. The second-order valence-electron chi connectivity index (χ2n) is 14.4. The molecule has 63 heavy (non-hydrogen) atoms. The van der Waals surface area contributed by atoms with Gasteiger partial charge in [0, 0.05) is 23.6 Å². The van der Waals surface area contributed by atoms with Gasteiger partial charge in [0.15, 0.2) is 0 Å². The Kier molecular flexibility index (Phi) is 13.8. The van der Waals surface area contributed by atoms with Gasteiger partial charge in [-0.15, -0.1) is 22.7 Å². The van der Waals surface area contributed by atoms with Crippen molar-refractivity contribution in [3.05, 3.63) is 240 Å². The van der Waals surface area contributed by atoms with Crippen LogP contribution in [0, 0.1) is 0 Å². The molecule has 8 aromatic carbocycles. The van der Waals surface area contributed by atoms with Crippen molar-refractivity contribution in [1.82, 2.24) is 9.97 Å². The van der Waals surface area contributed by atoms with Crippen LogP contribution in [0.1, 0.15) is 45.5 Å². The molecule has 0 aliphatic heterocycles. The summed E-state index contributed by atoms with van der Waals surface area (Å²) >= 11 is 3.07. The van der Waals surface area contributed by atoms with E-state index in [1.54, 1.807) is 12.4 Å². The number of thiazole rings is 2. The molecule has 0 N–H and O–H groups in total. The summed E-state index contributed by atoms with van der Waals surface area (Å²) in [6, 6.07) is 67.1. The first-order chi connectivity index (χ1) is 30.6. The molecule has 2 heterocycles. The van der Waals surface area contributed by atoms with Gasteiger partial charge in [-0.05, 0) is 57.6 Å². The molecular weight excluding hydrogens is 866 g/mol. The number of hydrogen-bond donors (Lipinski definition) is 0. The van der Waals surface area contributed by atoms with Crippen LogP contribution in [-0.2, 0) is 19.5 Å². The van der Waals surface area contributed by atoms with Gasteiger partial charge in [0.1, 0.15) is 10.0 Å². The molecule has 0 unspecified atom stereocenters. The van der Waals surface area contributed by atoms with Gasteiger partial charge in [0.25, 0.3) is 0 Å². The van der Waals surface area contributed by atoms with Gasteiger partial charge in [-0.2, -0.15) is 0 Å². The Morgan fingerprint density at radius 1 is 0.381 bits per heavy atom. The van der Waals surface area contributed by atoms with E-state index in [0.717, 1.165) is 52.7 Å². The summed E-state index contributed by atoms with van der Waals surface area (Å²) in [5.74, 6) is -0.102. The van der Waals surface area contributed by atoms with E-state index in [1.165, 1.54) is 22.7 Å². The van der Waals surface area contributed by atoms with Crippen LogP contribution < -0.4 is 10.2 Å². The molecule has 0 amide bonds. The monoisotopic (exact) mass is 902 g/mol. The number of rotatable bonds is 10. The van der Waals surface area contributed by atoms with Gasteiger partial charge in [-0.25, -0.2) is 9.97 Å². The van der Waals surface area contributed by atoms with Gasteiger partial charge >= 0.3 is 19.5 Å². The molecule has 0 aliphatic carbocycles. The fourth-order valence-corrected chi connectivity index (χ4v) is 9.18. The molecule has 0 aliphatic rings. The Morgan fingerprint density at radius 3 is 1.03 bits per heavy atom. The molecule has 10 aromatic rings. The van der Waals surface area contributed by atoms with Gasteiger partial charge < -0.3 is 10.2 Å². The van der Waals surface area contributed by atoms with Crippen molar-refractivity contribution < 1.29 is 29.7 Å².